The zero-order valence-electron chi connectivity index (χ0n) is 9.83. The van der Waals surface area contributed by atoms with E-state index in [0.717, 1.165) is 18.9 Å². The Morgan fingerprint density at radius 1 is 1.33 bits per heavy atom. The van der Waals surface area contributed by atoms with Gasteiger partial charge in [0.1, 0.15) is 0 Å². The minimum atomic E-state index is 0.0471. The maximum absolute atomic E-state index is 6.26. The number of hydrogen-bond donors (Lipinski definition) is 0. The fourth-order valence-corrected chi connectivity index (χ4v) is 3.39. The first-order valence-electron chi connectivity index (χ1n) is 6.03. The molecule has 2 unspecified atom stereocenters. The lowest BCUT2D eigenvalue weighted by Crippen LogP contribution is -2.41. The summed E-state index contributed by atoms with van der Waals surface area (Å²) in [5.74, 6) is 1.43. The van der Waals surface area contributed by atoms with Gasteiger partial charge in [-0.15, -0.1) is 0 Å². The molecule has 1 nitrogen and oxygen atoms in total. The van der Waals surface area contributed by atoms with Crippen molar-refractivity contribution >= 4 is 25.1 Å². The highest BCUT2D eigenvalue weighted by Gasteiger charge is 2.36. The number of piperidine rings is 1. The summed E-state index contributed by atoms with van der Waals surface area (Å²) >= 11 is 5.55. The van der Waals surface area contributed by atoms with Crippen molar-refractivity contribution in [1.82, 2.24) is 4.90 Å². The molecule has 82 valence electrons. The second-order valence-corrected chi connectivity index (χ2v) is 6.06. The van der Waals surface area contributed by atoms with Crippen LogP contribution in [0.3, 0.4) is 0 Å². The van der Waals surface area contributed by atoms with E-state index < -0.39 is 0 Å². The van der Waals surface area contributed by atoms with E-state index in [-0.39, 0.29) is 5.31 Å². The average Bonchev–Trinajstić information content (AvgIpc) is 2.32. The van der Waals surface area contributed by atoms with Crippen LogP contribution < -0.4 is 0 Å². The number of fused-ring (bicyclic) bond motifs is 1. The Labute approximate surface area is 100 Å². The quantitative estimate of drug-likeness (QED) is 0.457. The summed E-state index contributed by atoms with van der Waals surface area (Å²) in [5.41, 5.74) is 0. The largest absolute Gasteiger partial charge is 0.369 e. The third-order valence-corrected chi connectivity index (χ3v) is 4.82. The lowest BCUT2D eigenvalue weighted by molar-refractivity contribution is 0.273. The summed E-state index contributed by atoms with van der Waals surface area (Å²) < 4.78 is 0. The van der Waals surface area contributed by atoms with Gasteiger partial charge in [-0.3, -0.25) is 0 Å². The molecule has 0 spiro atoms. The number of hydrogen-bond acceptors (Lipinski definition) is 1. The normalized spacial score (nSPS) is 42.3. The summed E-state index contributed by atoms with van der Waals surface area (Å²) in [7, 11) is 8.39. The van der Waals surface area contributed by atoms with Crippen LogP contribution in [0.25, 0.3) is 0 Å². The monoisotopic (exact) mass is 221 g/mol. The van der Waals surface area contributed by atoms with Gasteiger partial charge in [0.25, 0.3) is 0 Å². The molecule has 0 amide bonds. The number of nitrogens with zero attached hydrogens (tertiary/aromatic N) is 1. The maximum Gasteiger partial charge on any atom is 0.0810 e. The van der Waals surface area contributed by atoms with Gasteiger partial charge in [0.2, 0.25) is 0 Å². The molecule has 1 saturated carbocycles. The Morgan fingerprint density at radius 2 is 2.00 bits per heavy atom. The molecule has 2 radical (unpaired) electrons. The second kappa shape index (κ2) is 4.08. The molecule has 0 bridgehead atoms. The summed E-state index contributed by atoms with van der Waals surface area (Å²) in [6.45, 7) is 3.33. The standard InChI is InChI=1S/C12H20BNS/c1-12(13)6-3-9-5-8-14(2)11(15)10(9)4-7-12/h9-10H,3-8H2,1-2H3/t9?,10-,12?/m0/s1. The van der Waals surface area contributed by atoms with Gasteiger partial charge in [0.15, 0.2) is 0 Å². The van der Waals surface area contributed by atoms with Gasteiger partial charge >= 0.3 is 0 Å². The number of thiocarbonyl (C=S) groups is 1. The van der Waals surface area contributed by atoms with Gasteiger partial charge < -0.3 is 4.90 Å². The zero-order chi connectivity index (χ0) is 11.1. The Morgan fingerprint density at radius 3 is 2.73 bits per heavy atom. The summed E-state index contributed by atoms with van der Waals surface area (Å²) in [5, 5.41) is 0.0471. The average molecular weight is 221 g/mol. The molecular weight excluding hydrogens is 201 g/mol. The van der Waals surface area contributed by atoms with Gasteiger partial charge in [-0.25, -0.2) is 0 Å². The van der Waals surface area contributed by atoms with Crippen molar-refractivity contribution in [3.63, 3.8) is 0 Å². The highest BCUT2D eigenvalue weighted by atomic mass is 32.1. The zero-order valence-corrected chi connectivity index (χ0v) is 10.6. The molecule has 0 N–H and O–H groups in total. The lowest BCUT2D eigenvalue weighted by atomic mass is 9.65. The van der Waals surface area contributed by atoms with E-state index in [4.69, 9.17) is 20.1 Å². The molecule has 1 heterocycles. The van der Waals surface area contributed by atoms with E-state index in [1.165, 1.54) is 30.7 Å². The summed E-state index contributed by atoms with van der Waals surface area (Å²) in [6, 6.07) is 0. The van der Waals surface area contributed by atoms with Crippen molar-refractivity contribution in [2.24, 2.45) is 11.8 Å². The van der Waals surface area contributed by atoms with E-state index in [1.54, 1.807) is 0 Å². The van der Waals surface area contributed by atoms with Crippen molar-refractivity contribution in [3.8, 4) is 0 Å². The highest BCUT2D eigenvalue weighted by Crippen LogP contribution is 2.45. The van der Waals surface area contributed by atoms with E-state index >= 15 is 0 Å². The molecule has 0 aromatic carbocycles. The second-order valence-electron chi connectivity index (χ2n) is 5.65. The Kier molecular flexibility index (Phi) is 3.11. The van der Waals surface area contributed by atoms with Crippen LogP contribution in [0.5, 0.6) is 0 Å². The first-order valence-corrected chi connectivity index (χ1v) is 6.44. The number of likely N-dealkylation sites (tertiary alicyclic amines) is 1. The van der Waals surface area contributed by atoms with Gasteiger partial charge in [-0.05, 0) is 25.2 Å². The van der Waals surface area contributed by atoms with Crippen LogP contribution in [0.1, 0.15) is 39.0 Å². The van der Waals surface area contributed by atoms with Crippen molar-refractivity contribution in [2.75, 3.05) is 13.6 Å². The molecule has 1 saturated heterocycles. The van der Waals surface area contributed by atoms with Crippen LogP contribution in [0.2, 0.25) is 5.31 Å². The molecule has 1 aliphatic heterocycles. The molecule has 0 aromatic rings. The van der Waals surface area contributed by atoms with Crippen LogP contribution in [-0.4, -0.2) is 31.3 Å². The van der Waals surface area contributed by atoms with E-state index in [1.807, 2.05) is 0 Å². The maximum atomic E-state index is 6.26. The SMILES string of the molecule is [B]C1(C)CCC2CCN(C)C(=S)[C@H]2CC1. The predicted octanol–water partition coefficient (Wildman–Crippen LogP) is 2.80. The topological polar surface area (TPSA) is 3.24 Å². The Hall–Kier alpha value is -0.0451. The molecule has 3 atom stereocenters. The van der Waals surface area contributed by atoms with Crippen LogP contribution in [0, 0.1) is 11.8 Å². The molecule has 3 heteroatoms. The van der Waals surface area contributed by atoms with Gasteiger partial charge in [-0.1, -0.05) is 37.3 Å². The van der Waals surface area contributed by atoms with Crippen molar-refractivity contribution in [1.29, 1.82) is 0 Å². The Bertz CT molecular complexity index is 264. The van der Waals surface area contributed by atoms with E-state index in [0.29, 0.717) is 5.92 Å². The fraction of sp³-hybridized carbons (Fsp3) is 0.917. The van der Waals surface area contributed by atoms with Gasteiger partial charge in [0.05, 0.1) is 12.8 Å². The molecular formula is C12H20BNS. The molecule has 2 aliphatic rings. The smallest absolute Gasteiger partial charge is 0.0810 e. The first-order chi connectivity index (χ1) is 6.99. The van der Waals surface area contributed by atoms with Crippen LogP contribution >= 0.6 is 12.2 Å². The molecule has 2 fully saturated rings. The highest BCUT2D eigenvalue weighted by molar-refractivity contribution is 7.80. The first kappa shape index (κ1) is 11.4. The molecule has 15 heavy (non-hydrogen) atoms. The number of rotatable bonds is 0. The van der Waals surface area contributed by atoms with Crippen molar-refractivity contribution < 1.29 is 0 Å². The van der Waals surface area contributed by atoms with Gasteiger partial charge in [-0.2, -0.15) is 0 Å². The van der Waals surface area contributed by atoms with E-state index in [2.05, 4.69) is 18.9 Å². The third-order valence-electron chi connectivity index (χ3n) is 4.21. The van der Waals surface area contributed by atoms with Gasteiger partial charge in [0, 0.05) is 19.5 Å². The van der Waals surface area contributed by atoms with Crippen LogP contribution in [-0.2, 0) is 0 Å². The predicted molar refractivity (Wildman–Crippen MR) is 69.4 cm³/mol. The minimum Gasteiger partial charge on any atom is -0.369 e. The Balaban J connectivity index is 2.10. The van der Waals surface area contributed by atoms with Crippen molar-refractivity contribution in [2.45, 2.75) is 44.3 Å². The van der Waals surface area contributed by atoms with E-state index in [9.17, 15) is 0 Å². The molecule has 0 aromatic heterocycles. The van der Waals surface area contributed by atoms with Crippen LogP contribution in [0.4, 0.5) is 0 Å². The lowest BCUT2D eigenvalue weighted by Gasteiger charge is -2.37. The summed E-state index contributed by atoms with van der Waals surface area (Å²) in [4.78, 5) is 3.44. The van der Waals surface area contributed by atoms with Crippen molar-refractivity contribution in [3.05, 3.63) is 0 Å². The minimum absolute atomic E-state index is 0.0471. The third kappa shape index (κ3) is 2.38. The molecule has 2 rings (SSSR count). The summed E-state index contributed by atoms with van der Waals surface area (Å²) in [6.07, 6.45) is 6.06. The fourth-order valence-electron chi connectivity index (χ4n) is 2.99. The molecule has 1 aliphatic carbocycles. The van der Waals surface area contributed by atoms with Crippen LogP contribution in [0.15, 0.2) is 0 Å².